The van der Waals surface area contributed by atoms with Crippen molar-refractivity contribution in [3.63, 3.8) is 0 Å². The molecule has 118 valence electrons. The highest BCUT2D eigenvalue weighted by molar-refractivity contribution is 5.57. The lowest BCUT2D eigenvalue weighted by Crippen LogP contribution is -2.23. The fraction of sp³-hybridized carbons (Fsp3) is 0.750. The van der Waals surface area contributed by atoms with Crippen molar-refractivity contribution in [2.75, 3.05) is 23.7 Å². The third kappa shape index (κ3) is 4.06. The molecule has 0 aromatic carbocycles. The van der Waals surface area contributed by atoms with Crippen molar-refractivity contribution in [1.82, 2.24) is 9.97 Å². The molecule has 0 aliphatic heterocycles. The summed E-state index contributed by atoms with van der Waals surface area (Å²) < 4.78 is 0. The minimum absolute atomic E-state index is 0.164. The molecule has 1 aliphatic carbocycles. The topological polar surface area (TPSA) is 70.1 Å². The lowest BCUT2D eigenvalue weighted by molar-refractivity contribution is 0.138. The predicted octanol–water partition coefficient (Wildman–Crippen LogP) is 2.74. The molecule has 1 aromatic heterocycles. The molecule has 0 amide bonds. The van der Waals surface area contributed by atoms with Crippen LogP contribution in [0.3, 0.4) is 0 Å². The van der Waals surface area contributed by atoms with Gasteiger partial charge in [-0.3, -0.25) is 0 Å². The number of hydrogen-bond donors (Lipinski definition) is 3. The van der Waals surface area contributed by atoms with E-state index in [2.05, 4.69) is 34.4 Å². The first-order valence-corrected chi connectivity index (χ1v) is 8.19. The molecule has 1 aliphatic rings. The van der Waals surface area contributed by atoms with Gasteiger partial charge in [0.1, 0.15) is 17.5 Å². The molecule has 2 atom stereocenters. The highest BCUT2D eigenvalue weighted by atomic mass is 16.3. The number of rotatable bonds is 7. The molecule has 21 heavy (non-hydrogen) atoms. The molecule has 0 bridgehead atoms. The van der Waals surface area contributed by atoms with Gasteiger partial charge in [0.2, 0.25) is 0 Å². The smallest absolute Gasteiger partial charge is 0.134 e. The normalized spacial score (nSPS) is 21.5. The Hall–Kier alpha value is -1.36. The summed E-state index contributed by atoms with van der Waals surface area (Å²) in [6.45, 7) is 7.96. The van der Waals surface area contributed by atoms with Crippen molar-refractivity contribution in [3.05, 3.63) is 11.4 Å². The summed E-state index contributed by atoms with van der Waals surface area (Å²) in [5.41, 5.74) is 1.06. The summed E-state index contributed by atoms with van der Waals surface area (Å²) in [4.78, 5) is 9.17. The molecule has 5 nitrogen and oxygen atoms in total. The van der Waals surface area contributed by atoms with Crippen LogP contribution in [-0.2, 0) is 6.42 Å². The van der Waals surface area contributed by atoms with E-state index in [-0.39, 0.29) is 6.10 Å². The quantitative estimate of drug-likeness (QED) is 0.721. The number of anilines is 2. The average molecular weight is 292 g/mol. The summed E-state index contributed by atoms with van der Waals surface area (Å²) >= 11 is 0. The molecular weight excluding hydrogens is 264 g/mol. The van der Waals surface area contributed by atoms with E-state index < -0.39 is 0 Å². The van der Waals surface area contributed by atoms with Gasteiger partial charge < -0.3 is 15.7 Å². The van der Waals surface area contributed by atoms with E-state index in [0.29, 0.717) is 5.92 Å². The van der Waals surface area contributed by atoms with Gasteiger partial charge in [-0.1, -0.05) is 20.3 Å². The van der Waals surface area contributed by atoms with Crippen LogP contribution in [0.5, 0.6) is 0 Å². The van der Waals surface area contributed by atoms with Crippen LogP contribution in [0.2, 0.25) is 0 Å². The van der Waals surface area contributed by atoms with E-state index in [1.807, 2.05) is 6.92 Å². The molecule has 1 fully saturated rings. The zero-order valence-corrected chi connectivity index (χ0v) is 13.4. The van der Waals surface area contributed by atoms with Crippen molar-refractivity contribution in [2.24, 2.45) is 5.92 Å². The van der Waals surface area contributed by atoms with Gasteiger partial charge in [0.25, 0.3) is 0 Å². The molecule has 3 N–H and O–H groups in total. The molecule has 1 heterocycles. The van der Waals surface area contributed by atoms with Crippen LogP contribution >= 0.6 is 0 Å². The van der Waals surface area contributed by atoms with Crippen LogP contribution in [0.1, 0.15) is 50.9 Å². The Labute approximate surface area is 127 Å². The molecule has 1 saturated carbocycles. The maximum atomic E-state index is 9.92. The number of hydrogen-bond acceptors (Lipinski definition) is 5. The summed E-state index contributed by atoms with van der Waals surface area (Å²) in [5, 5.41) is 16.7. The molecule has 5 heteroatoms. The third-order valence-electron chi connectivity index (χ3n) is 4.20. The zero-order chi connectivity index (χ0) is 15.2. The minimum atomic E-state index is -0.164. The predicted molar refractivity (Wildman–Crippen MR) is 86.8 cm³/mol. The average Bonchev–Trinajstić information content (AvgIpc) is 2.90. The fourth-order valence-electron chi connectivity index (χ4n) is 2.79. The van der Waals surface area contributed by atoms with Gasteiger partial charge in [-0.2, -0.15) is 0 Å². The first-order chi connectivity index (χ1) is 10.2. The van der Waals surface area contributed by atoms with Crippen molar-refractivity contribution in [3.8, 4) is 0 Å². The lowest BCUT2D eigenvalue weighted by Gasteiger charge is -2.18. The van der Waals surface area contributed by atoms with E-state index >= 15 is 0 Å². The van der Waals surface area contributed by atoms with Crippen LogP contribution in [0.25, 0.3) is 0 Å². The number of nitrogens with one attached hydrogen (secondary N) is 2. The number of aliphatic hydroxyl groups is 1. The Bertz CT molecular complexity index is 464. The van der Waals surface area contributed by atoms with Gasteiger partial charge in [-0.25, -0.2) is 9.97 Å². The Morgan fingerprint density at radius 2 is 1.86 bits per heavy atom. The Morgan fingerprint density at radius 1 is 1.14 bits per heavy atom. The molecule has 2 unspecified atom stereocenters. The first-order valence-electron chi connectivity index (χ1n) is 8.19. The van der Waals surface area contributed by atoms with Crippen LogP contribution < -0.4 is 10.6 Å². The number of aryl methyl sites for hydroxylation is 1. The van der Waals surface area contributed by atoms with E-state index in [9.17, 15) is 5.11 Å². The standard InChI is InChI=1S/C16H28N4O/c1-4-9-17-15-11(3)16(20-14(5-2)19-15)18-10-12-7-6-8-13(12)21/h12-13,21H,4-10H2,1-3H3,(H2,17,18,19,20). The summed E-state index contributed by atoms with van der Waals surface area (Å²) in [6, 6.07) is 0. The maximum absolute atomic E-state index is 9.92. The van der Waals surface area contributed by atoms with Crippen LogP contribution in [-0.4, -0.2) is 34.3 Å². The second kappa shape index (κ2) is 7.59. The van der Waals surface area contributed by atoms with Gasteiger partial charge in [-0.15, -0.1) is 0 Å². The fourth-order valence-corrected chi connectivity index (χ4v) is 2.79. The van der Waals surface area contributed by atoms with Gasteiger partial charge in [0, 0.05) is 31.0 Å². The summed E-state index contributed by atoms with van der Waals surface area (Å²) in [6.07, 6.45) is 4.88. The molecule has 0 spiro atoms. The maximum Gasteiger partial charge on any atom is 0.134 e. The minimum Gasteiger partial charge on any atom is -0.393 e. The molecule has 0 radical (unpaired) electrons. The lowest BCUT2D eigenvalue weighted by atomic mass is 10.1. The Morgan fingerprint density at radius 3 is 2.43 bits per heavy atom. The first kappa shape index (κ1) is 16.0. The zero-order valence-electron chi connectivity index (χ0n) is 13.4. The van der Waals surface area contributed by atoms with Crippen molar-refractivity contribution < 1.29 is 5.11 Å². The Balaban J connectivity index is 2.09. The third-order valence-corrected chi connectivity index (χ3v) is 4.20. The monoisotopic (exact) mass is 292 g/mol. The molecule has 1 aromatic rings. The number of aromatic nitrogens is 2. The highest BCUT2D eigenvalue weighted by Gasteiger charge is 2.25. The van der Waals surface area contributed by atoms with Crippen LogP contribution in [0, 0.1) is 12.8 Å². The van der Waals surface area contributed by atoms with E-state index in [1.54, 1.807) is 0 Å². The van der Waals surface area contributed by atoms with E-state index in [0.717, 1.165) is 68.2 Å². The number of nitrogens with zero attached hydrogens (tertiary/aromatic N) is 2. The van der Waals surface area contributed by atoms with Crippen molar-refractivity contribution in [2.45, 2.75) is 59.0 Å². The SMILES string of the molecule is CCCNc1nc(CC)nc(NCC2CCCC2O)c1C. The van der Waals surface area contributed by atoms with E-state index in [4.69, 9.17) is 0 Å². The highest BCUT2D eigenvalue weighted by Crippen LogP contribution is 2.27. The number of aliphatic hydroxyl groups excluding tert-OH is 1. The van der Waals surface area contributed by atoms with Crippen LogP contribution in [0.4, 0.5) is 11.6 Å². The van der Waals surface area contributed by atoms with E-state index in [1.165, 1.54) is 0 Å². The van der Waals surface area contributed by atoms with Crippen LogP contribution in [0.15, 0.2) is 0 Å². The van der Waals surface area contributed by atoms with Gasteiger partial charge in [-0.05, 0) is 26.2 Å². The van der Waals surface area contributed by atoms with Gasteiger partial charge in [0.15, 0.2) is 0 Å². The summed E-state index contributed by atoms with van der Waals surface area (Å²) in [5.74, 6) is 3.03. The van der Waals surface area contributed by atoms with Gasteiger partial charge >= 0.3 is 0 Å². The van der Waals surface area contributed by atoms with Gasteiger partial charge in [0.05, 0.1) is 6.10 Å². The molecule has 2 rings (SSSR count). The second-order valence-corrected chi connectivity index (χ2v) is 5.88. The Kier molecular flexibility index (Phi) is 5.79. The molecular formula is C16H28N4O. The summed E-state index contributed by atoms with van der Waals surface area (Å²) in [7, 11) is 0. The second-order valence-electron chi connectivity index (χ2n) is 5.88. The molecule has 0 saturated heterocycles. The van der Waals surface area contributed by atoms with Crippen molar-refractivity contribution in [1.29, 1.82) is 0 Å². The largest absolute Gasteiger partial charge is 0.393 e. The van der Waals surface area contributed by atoms with Crippen molar-refractivity contribution >= 4 is 11.6 Å².